The number of hydrogen-bond acceptors (Lipinski definition) is 2. The monoisotopic (exact) mass is 334 g/mol. The van der Waals surface area contributed by atoms with Gasteiger partial charge in [0.2, 0.25) is 0 Å². The van der Waals surface area contributed by atoms with Crippen molar-refractivity contribution < 1.29 is 9.53 Å². The molecule has 0 fully saturated rings. The Labute approximate surface area is 127 Å². The summed E-state index contributed by atoms with van der Waals surface area (Å²) in [5.74, 6) is -0.0661. The summed E-state index contributed by atoms with van der Waals surface area (Å²) >= 11 is 3.59. The van der Waals surface area contributed by atoms with Crippen LogP contribution in [0.3, 0.4) is 0 Å². The number of carbonyl (C=O) groups excluding carboxylic acids is 1. The average molecular weight is 335 g/mol. The lowest BCUT2D eigenvalue weighted by atomic mass is 9.63. The highest BCUT2D eigenvalue weighted by molar-refractivity contribution is 9.09. The summed E-state index contributed by atoms with van der Waals surface area (Å²) in [6, 6.07) is 0. The van der Waals surface area contributed by atoms with Crippen LogP contribution < -0.4 is 0 Å². The zero-order chi connectivity index (χ0) is 14.9. The molecule has 0 heterocycles. The number of methoxy groups -OCH3 is 1. The molecule has 0 radical (unpaired) electrons. The molecule has 0 amide bonds. The molecule has 0 saturated carbocycles. The van der Waals surface area contributed by atoms with E-state index in [-0.39, 0.29) is 11.4 Å². The molecule has 0 atom stereocenters. The minimum absolute atomic E-state index is 0.0661. The molecule has 19 heavy (non-hydrogen) atoms. The molecule has 0 N–H and O–H groups in total. The molecule has 0 spiro atoms. The minimum atomic E-state index is -0.0661. The first-order chi connectivity index (χ1) is 8.96. The van der Waals surface area contributed by atoms with Crippen molar-refractivity contribution in [3.63, 3.8) is 0 Å². The first-order valence-corrected chi connectivity index (χ1v) is 8.72. The highest BCUT2D eigenvalue weighted by Crippen LogP contribution is 2.47. The Balaban J connectivity index is 5.10. The number of halogens is 1. The summed E-state index contributed by atoms with van der Waals surface area (Å²) in [5, 5.41) is 1.04. The fourth-order valence-corrected chi connectivity index (χ4v) is 3.97. The standard InChI is InChI=1S/C16H31BrO2/c1-6-15(7-2,10-11-17)13-16(8-3,9-4)12-14(18)19-5/h6-13H2,1-5H3. The lowest BCUT2D eigenvalue weighted by Crippen LogP contribution is -2.33. The Kier molecular flexibility index (Phi) is 8.97. The van der Waals surface area contributed by atoms with Gasteiger partial charge in [0.1, 0.15) is 0 Å². The predicted octanol–water partition coefficient (Wildman–Crippen LogP) is 5.34. The van der Waals surface area contributed by atoms with Gasteiger partial charge in [0.15, 0.2) is 0 Å². The van der Waals surface area contributed by atoms with Crippen molar-refractivity contribution in [2.45, 2.75) is 72.6 Å². The molecular weight excluding hydrogens is 304 g/mol. The second-order valence-electron chi connectivity index (χ2n) is 5.78. The topological polar surface area (TPSA) is 26.3 Å². The van der Waals surface area contributed by atoms with E-state index >= 15 is 0 Å². The van der Waals surface area contributed by atoms with E-state index in [4.69, 9.17) is 4.74 Å². The normalized spacial score (nSPS) is 12.5. The van der Waals surface area contributed by atoms with Crippen LogP contribution in [0.5, 0.6) is 0 Å². The smallest absolute Gasteiger partial charge is 0.306 e. The Hall–Kier alpha value is -0.0500. The molecule has 0 aliphatic carbocycles. The van der Waals surface area contributed by atoms with Crippen molar-refractivity contribution in [2.24, 2.45) is 10.8 Å². The highest BCUT2D eigenvalue weighted by atomic mass is 79.9. The summed E-state index contributed by atoms with van der Waals surface area (Å²) < 4.78 is 4.90. The van der Waals surface area contributed by atoms with Gasteiger partial charge in [-0.25, -0.2) is 0 Å². The van der Waals surface area contributed by atoms with Crippen LogP contribution >= 0.6 is 15.9 Å². The largest absolute Gasteiger partial charge is 0.469 e. The van der Waals surface area contributed by atoms with Crippen molar-refractivity contribution in [1.82, 2.24) is 0 Å². The highest BCUT2D eigenvalue weighted by Gasteiger charge is 2.38. The van der Waals surface area contributed by atoms with Crippen molar-refractivity contribution in [2.75, 3.05) is 12.4 Å². The maximum absolute atomic E-state index is 11.7. The Morgan fingerprint density at radius 3 is 1.79 bits per heavy atom. The number of carbonyl (C=O) groups is 1. The third-order valence-corrected chi connectivity index (χ3v) is 5.52. The molecule has 2 nitrogen and oxygen atoms in total. The van der Waals surface area contributed by atoms with Crippen LogP contribution in [0.4, 0.5) is 0 Å². The summed E-state index contributed by atoms with van der Waals surface area (Å²) in [5.41, 5.74) is 0.449. The molecule has 0 aromatic carbocycles. The zero-order valence-corrected chi connectivity index (χ0v) is 14.9. The van der Waals surface area contributed by atoms with Crippen LogP contribution in [0, 0.1) is 10.8 Å². The van der Waals surface area contributed by atoms with Crippen LogP contribution in [0.2, 0.25) is 0 Å². The lowest BCUT2D eigenvalue weighted by molar-refractivity contribution is -0.144. The third-order valence-electron chi connectivity index (χ3n) is 5.12. The number of rotatable bonds is 10. The van der Waals surface area contributed by atoms with Crippen molar-refractivity contribution in [1.29, 1.82) is 0 Å². The van der Waals surface area contributed by atoms with Crippen molar-refractivity contribution >= 4 is 21.9 Å². The van der Waals surface area contributed by atoms with E-state index < -0.39 is 0 Å². The van der Waals surface area contributed by atoms with Crippen LogP contribution in [0.1, 0.15) is 72.6 Å². The maximum Gasteiger partial charge on any atom is 0.306 e. The summed E-state index contributed by atoms with van der Waals surface area (Å²) in [6.07, 6.45) is 7.31. The molecule has 0 bridgehead atoms. The van der Waals surface area contributed by atoms with Gasteiger partial charge in [-0.3, -0.25) is 4.79 Å². The molecule has 114 valence electrons. The summed E-state index contributed by atoms with van der Waals surface area (Å²) in [6.45, 7) is 8.97. The first-order valence-electron chi connectivity index (χ1n) is 7.59. The molecule has 0 aromatic rings. The molecular formula is C16H31BrO2. The van der Waals surface area contributed by atoms with E-state index in [0.717, 1.165) is 24.6 Å². The molecule has 0 unspecified atom stereocenters. The van der Waals surface area contributed by atoms with Gasteiger partial charge >= 0.3 is 5.97 Å². The van der Waals surface area contributed by atoms with Gasteiger partial charge in [-0.1, -0.05) is 56.5 Å². The van der Waals surface area contributed by atoms with Gasteiger partial charge in [-0.05, 0) is 36.5 Å². The van der Waals surface area contributed by atoms with Crippen LogP contribution in [-0.2, 0) is 9.53 Å². The fourth-order valence-electron chi connectivity index (χ4n) is 3.13. The van der Waals surface area contributed by atoms with E-state index in [2.05, 4.69) is 43.6 Å². The molecule has 0 rings (SSSR count). The van der Waals surface area contributed by atoms with Gasteiger partial charge < -0.3 is 4.74 Å². The van der Waals surface area contributed by atoms with E-state index in [1.54, 1.807) is 0 Å². The predicted molar refractivity (Wildman–Crippen MR) is 85.7 cm³/mol. The summed E-state index contributed by atoms with van der Waals surface area (Å²) in [7, 11) is 1.49. The maximum atomic E-state index is 11.7. The molecule has 3 heteroatoms. The molecule has 0 aliphatic heterocycles. The van der Waals surface area contributed by atoms with Gasteiger partial charge in [0.25, 0.3) is 0 Å². The molecule has 0 saturated heterocycles. The number of ether oxygens (including phenoxy) is 1. The SMILES string of the molecule is CCC(CC)(CCBr)CC(CC)(CC)CC(=O)OC. The van der Waals surface area contributed by atoms with Crippen LogP contribution in [0.15, 0.2) is 0 Å². The number of hydrogen-bond donors (Lipinski definition) is 0. The lowest BCUT2D eigenvalue weighted by Gasteiger charge is -2.42. The van der Waals surface area contributed by atoms with Crippen LogP contribution in [-0.4, -0.2) is 18.4 Å². The Bertz CT molecular complexity index is 255. The van der Waals surface area contributed by atoms with E-state index in [1.807, 2.05) is 0 Å². The van der Waals surface area contributed by atoms with E-state index in [1.165, 1.54) is 26.4 Å². The van der Waals surface area contributed by atoms with Crippen LogP contribution in [0.25, 0.3) is 0 Å². The second kappa shape index (κ2) is 8.99. The van der Waals surface area contributed by atoms with Gasteiger partial charge in [0, 0.05) is 5.33 Å². The minimum Gasteiger partial charge on any atom is -0.469 e. The zero-order valence-electron chi connectivity index (χ0n) is 13.4. The fraction of sp³-hybridized carbons (Fsp3) is 0.938. The van der Waals surface area contributed by atoms with E-state index in [0.29, 0.717) is 11.8 Å². The first kappa shape index (κ1) is 18.9. The third kappa shape index (κ3) is 5.45. The van der Waals surface area contributed by atoms with Crippen molar-refractivity contribution in [3.8, 4) is 0 Å². The Morgan fingerprint density at radius 2 is 1.47 bits per heavy atom. The van der Waals surface area contributed by atoms with Gasteiger partial charge in [-0.15, -0.1) is 0 Å². The van der Waals surface area contributed by atoms with E-state index in [9.17, 15) is 4.79 Å². The molecule has 0 aromatic heterocycles. The quantitative estimate of drug-likeness (QED) is 0.398. The van der Waals surface area contributed by atoms with Gasteiger partial charge in [0.05, 0.1) is 13.5 Å². The number of esters is 1. The Morgan fingerprint density at radius 1 is 1.00 bits per heavy atom. The van der Waals surface area contributed by atoms with Gasteiger partial charge in [-0.2, -0.15) is 0 Å². The second-order valence-corrected chi connectivity index (χ2v) is 6.58. The average Bonchev–Trinajstić information content (AvgIpc) is 2.45. The summed E-state index contributed by atoms with van der Waals surface area (Å²) in [4.78, 5) is 11.7. The van der Waals surface area contributed by atoms with Crippen molar-refractivity contribution in [3.05, 3.63) is 0 Å². The molecule has 0 aliphatic rings. The number of alkyl halides is 1.